The zero-order valence-corrected chi connectivity index (χ0v) is 19.0. The third-order valence-corrected chi connectivity index (χ3v) is 6.61. The standard InChI is InChI=1S/C27H34N2O3/c1-21(30)28-15-13-23(14-16-28)17-22-7-9-24(10-8-22)18-29(26-11-12-26)27(31)20-32-19-25-5-3-2-4-6-25/h2-10,23,26H,11-20H2,1H3. The number of amides is 2. The summed E-state index contributed by atoms with van der Waals surface area (Å²) in [6, 6.07) is 19.0. The Kier molecular flexibility index (Phi) is 7.59. The van der Waals surface area contributed by atoms with E-state index in [-0.39, 0.29) is 18.4 Å². The van der Waals surface area contributed by atoms with Gasteiger partial charge < -0.3 is 14.5 Å². The van der Waals surface area contributed by atoms with E-state index in [4.69, 9.17) is 4.74 Å². The van der Waals surface area contributed by atoms with Gasteiger partial charge in [0.05, 0.1) is 6.61 Å². The molecule has 1 saturated carbocycles. The molecule has 5 heteroatoms. The van der Waals surface area contributed by atoms with Crippen LogP contribution in [0.4, 0.5) is 0 Å². The van der Waals surface area contributed by atoms with Crippen molar-refractivity contribution in [3.05, 3.63) is 71.3 Å². The van der Waals surface area contributed by atoms with Crippen LogP contribution in [0.25, 0.3) is 0 Å². The van der Waals surface area contributed by atoms with E-state index < -0.39 is 0 Å². The summed E-state index contributed by atoms with van der Waals surface area (Å²) < 4.78 is 5.69. The highest BCUT2D eigenvalue weighted by Gasteiger charge is 2.32. The van der Waals surface area contributed by atoms with Crippen LogP contribution in [0.15, 0.2) is 54.6 Å². The highest BCUT2D eigenvalue weighted by Crippen LogP contribution is 2.29. The molecule has 2 fully saturated rings. The lowest BCUT2D eigenvalue weighted by Crippen LogP contribution is -2.37. The number of rotatable bonds is 9. The van der Waals surface area contributed by atoms with E-state index in [1.54, 1.807) is 6.92 Å². The molecular formula is C27H34N2O3. The monoisotopic (exact) mass is 434 g/mol. The minimum Gasteiger partial charge on any atom is -0.367 e. The van der Waals surface area contributed by atoms with Gasteiger partial charge in [-0.1, -0.05) is 54.6 Å². The van der Waals surface area contributed by atoms with E-state index in [0.29, 0.717) is 25.1 Å². The van der Waals surface area contributed by atoms with Crippen LogP contribution in [0, 0.1) is 5.92 Å². The lowest BCUT2D eigenvalue weighted by atomic mass is 9.90. The molecule has 0 spiro atoms. The van der Waals surface area contributed by atoms with Crippen LogP contribution in [0.3, 0.4) is 0 Å². The number of hydrogen-bond acceptors (Lipinski definition) is 3. The molecule has 0 atom stereocenters. The molecule has 0 unspecified atom stereocenters. The third kappa shape index (κ3) is 6.42. The molecule has 1 saturated heterocycles. The minimum atomic E-state index is 0.0738. The molecule has 170 valence electrons. The number of carbonyl (C=O) groups excluding carboxylic acids is 2. The first-order valence-corrected chi connectivity index (χ1v) is 11.8. The predicted octanol–water partition coefficient (Wildman–Crippen LogP) is 4.20. The highest BCUT2D eigenvalue weighted by molar-refractivity contribution is 5.78. The molecule has 2 amide bonds. The van der Waals surface area contributed by atoms with Crippen LogP contribution in [-0.2, 0) is 33.9 Å². The van der Waals surface area contributed by atoms with Gasteiger partial charge in [0.15, 0.2) is 0 Å². The van der Waals surface area contributed by atoms with Crippen LogP contribution in [0.1, 0.15) is 49.3 Å². The topological polar surface area (TPSA) is 49.9 Å². The summed E-state index contributed by atoms with van der Waals surface area (Å²) in [5.41, 5.74) is 3.59. The molecule has 2 aromatic rings. The van der Waals surface area contributed by atoms with E-state index in [0.717, 1.165) is 50.8 Å². The summed E-state index contributed by atoms with van der Waals surface area (Å²) in [5.74, 6) is 0.903. The molecular weight excluding hydrogens is 400 g/mol. The fraction of sp³-hybridized carbons (Fsp3) is 0.481. The van der Waals surface area contributed by atoms with E-state index in [9.17, 15) is 9.59 Å². The Morgan fingerprint density at radius 3 is 2.19 bits per heavy atom. The van der Waals surface area contributed by atoms with Crippen LogP contribution < -0.4 is 0 Å². The molecule has 0 aromatic heterocycles. The second-order valence-corrected chi connectivity index (χ2v) is 9.20. The molecule has 0 N–H and O–H groups in total. The van der Waals surface area contributed by atoms with E-state index in [1.165, 1.54) is 11.1 Å². The Morgan fingerprint density at radius 2 is 1.56 bits per heavy atom. The predicted molar refractivity (Wildman–Crippen MR) is 125 cm³/mol. The average molecular weight is 435 g/mol. The van der Waals surface area contributed by atoms with Crippen molar-refractivity contribution in [2.45, 2.75) is 58.2 Å². The number of ether oxygens (including phenoxy) is 1. The number of benzene rings is 2. The van der Waals surface area contributed by atoms with Gasteiger partial charge in [0.1, 0.15) is 6.61 Å². The van der Waals surface area contributed by atoms with Gasteiger partial charge in [-0.15, -0.1) is 0 Å². The molecule has 4 rings (SSSR count). The van der Waals surface area contributed by atoms with Crippen molar-refractivity contribution in [1.82, 2.24) is 9.80 Å². The normalized spacial score (nSPS) is 16.7. The number of likely N-dealkylation sites (tertiary alicyclic amines) is 1. The van der Waals surface area contributed by atoms with E-state index in [2.05, 4.69) is 24.3 Å². The highest BCUT2D eigenvalue weighted by atomic mass is 16.5. The fourth-order valence-electron chi connectivity index (χ4n) is 4.48. The van der Waals surface area contributed by atoms with Gasteiger partial charge >= 0.3 is 0 Å². The minimum absolute atomic E-state index is 0.0738. The van der Waals surface area contributed by atoms with E-state index >= 15 is 0 Å². The number of carbonyl (C=O) groups is 2. The molecule has 2 aliphatic rings. The van der Waals surface area contributed by atoms with Crippen molar-refractivity contribution < 1.29 is 14.3 Å². The van der Waals surface area contributed by atoms with Crippen LogP contribution in [-0.4, -0.2) is 47.4 Å². The molecule has 1 aliphatic heterocycles. The fourth-order valence-corrected chi connectivity index (χ4v) is 4.48. The first kappa shape index (κ1) is 22.5. The van der Waals surface area contributed by atoms with Gasteiger partial charge in [-0.25, -0.2) is 0 Å². The van der Waals surface area contributed by atoms with Crippen LogP contribution >= 0.6 is 0 Å². The van der Waals surface area contributed by atoms with E-state index in [1.807, 2.05) is 40.1 Å². The molecule has 1 heterocycles. The molecule has 1 aliphatic carbocycles. The van der Waals surface area contributed by atoms with Gasteiger partial charge in [-0.05, 0) is 54.7 Å². The van der Waals surface area contributed by atoms with Crippen molar-refractivity contribution >= 4 is 11.8 Å². The maximum atomic E-state index is 12.8. The maximum Gasteiger partial charge on any atom is 0.249 e. The van der Waals surface area contributed by atoms with Gasteiger partial charge in [0.25, 0.3) is 0 Å². The number of piperidine rings is 1. The van der Waals surface area contributed by atoms with Crippen LogP contribution in [0.5, 0.6) is 0 Å². The zero-order valence-electron chi connectivity index (χ0n) is 19.0. The largest absolute Gasteiger partial charge is 0.367 e. The number of hydrogen-bond donors (Lipinski definition) is 0. The third-order valence-electron chi connectivity index (χ3n) is 6.61. The van der Waals surface area contributed by atoms with Crippen molar-refractivity contribution in [2.24, 2.45) is 5.92 Å². The molecule has 5 nitrogen and oxygen atoms in total. The van der Waals surface area contributed by atoms with Gasteiger partial charge in [-0.2, -0.15) is 0 Å². The summed E-state index contributed by atoms with van der Waals surface area (Å²) >= 11 is 0. The van der Waals surface area contributed by atoms with Gasteiger partial charge in [0.2, 0.25) is 11.8 Å². The first-order valence-electron chi connectivity index (χ1n) is 11.8. The van der Waals surface area contributed by atoms with Crippen molar-refractivity contribution in [1.29, 1.82) is 0 Å². The summed E-state index contributed by atoms with van der Waals surface area (Å²) in [6.45, 7) is 4.65. The molecule has 32 heavy (non-hydrogen) atoms. The zero-order chi connectivity index (χ0) is 22.3. The lowest BCUT2D eigenvalue weighted by molar-refractivity contribution is -0.137. The van der Waals surface area contributed by atoms with Crippen molar-refractivity contribution in [2.75, 3.05) is 19.7 Å². The van der Waals surface area contributed by atoms with Crippen LogP contribution in [0.2, 0.25) is 0 Å². The SMILES string of the molecule is CC(=O)N1CCC(Cc2ccc(CN(C(=O)COCc3ccccc3)C3CC3)cc2)CC1. The maximum absolute atomic E-state index is 12.8. The average Bonchev–Trinajstić information content (AvgIpc) is 3.65. The quantitative estimate of drug-likeness (QED) is 0.594. The van der Waals surface area contributed by atoms with Gasteiger partial charge in [-0.3, -0.25) is 9.59 Å². The first-order chi connectivity index (χ1) is 15.6. The molecule has 2 aromatic carbocycles. The van der Waals surface area contributed by atoms with Gasteiger partial charge in [0, 0.05) is 32.6 Å². The summed E-state index contributed by atoms with van der Waals surface area (Å²) in [4.78, 5) is 28.2. The Morgan fingerprint density at radius 1 is 0.906 bits per heavy atom. The Balaban J connectivity index is 1.25. The second kappa shape index (κ2) is 10.8. The van der Waals surface area contributed by atoms with Crippen molar-refractivity contribution in [3.63, 3.8) is 0 Å². The summed E-state index contributed by atoms with van der Waals surface area (Å²) in [5, 5.41) is 0. The molecule has 0 bridgehead atoms. The molecule has 0 radical (unpaired) electrons. The Hall–Kier alpha value is -2.66. The Labute approximate surface area is 191 Å². The second-order valence-electron chi connectivity index (χ2n) is 9.20. The lowest BCUT2D eigenvalue weighted by Gasteiger charge is -2.31. The Bertz CT molecular complexity index is 885. The summed E-state index contributed by atoms with van der Waals surface area (Å²) in [7, 11) is 0. The smallest absolute Gasteiger partial charge is 0.249 e. The summed E-state index contributed by atoms with van der Waals surface area (Å²) in [6.07, 6.45) is 5.39. The van der Waals surface area contributed by atoms with Crippen molar-refractivity contribution in [3.8, 4) is 0 Å². The number of nitrogens with zero attached hydrogens (tertiary/aromatic N) is 2.